The molecule has 1 unspecified atom stereocenters. The van der Waals surface area contributed by atoms with Gasteiger partial charge in [0.1, 0.15) is 5.82 Å². The van der Waals surface area contributed by atoms with E-state index < -0.39 is 5.82 Å². The first-order chi connectivity index (χ1) is 8.06. The number of aryl methyl sites for hydroxylation is 1. The Kier molecular flexibility index (Phi) is 3.46. The lowest BCUT2D eigenvalue weighted by Crippen LogP contribution is -2.33. The molecule has 1 saturated carbocycles. The number of carbonyl (C=O) groups excluding carboxylic acids is 1. The summed E-state index contributed by atoms with van der Waals surface area (Å²) >= 11 is 0. The molecule has 1 aliphatic carbocycles. The van der Waals surface area contributed by atoms with Crippen LogP contribution in [-0.2, 0) is 0 Å². The first kappa shape index (κ1) is 12.1. The smallest absolute Gasteiger partial charge is 0.254 e. The van der Waals surface area contributed by atoms with Gasteiger partial charge in [0.05, 0.1) is 5.56 Å². The fraction of sp³-hybridized carbons (Fsp3) is 0.500. The van der Waals surface area contributed by atoms with E-state index in [0.29, 0.717) is 0 Å². The predicted octanol–water partition coefficient (Wildman–Crippen LogP) is 3.05. The second kappa shape index (κ2) is 4.86. The molecule has 1 fully saturated rings. The Morgan fingerprint density at radius 2 is 2.24 bits per heavy atom. The Hall–Kier alpha value is -1.38. The molecule has 92 valence electrons. The molecule has 0 spiro atoms. The van der Waals surface area contributed by atoms with Crippen molar-refractivity contribution in [3.05, 3.63) is 35.1 Å². The van der Waals surface area contributed by atoms with Crippen LogP contribution in [0.25, 0.3) is 0 Å². The Labute approximate surface area is 101 Å². The van der Waals surface area contributed by atoms with Gasteiger partial charge in [-0.3, -0.25) is 4.79 Å². The summed E-state index contributed by atoms with van der Waals surface area (Å²) in [6, 6.07) is 4.72. The molecule has 1 aromatic rings. The van der Waals surface area contributed by atoms with Gasteiger partial charge in [-0.2, -0.15) is 0 Å². The third kappa shape index (κ3) is 3.29. The van der Waals surface area contributed by atoms with Crippen molar-refractivity contribution >= 4 is 5.91 Å². The third-order valence-electron chi connectivity index (χ3n) is 3.13. The zero-order chi connectivity index (χ0) is 12.4. The van der Waals surface area contributed by atoms with Gasteiger partial charge in [0.2, 0.25) is 0 Å². The maximum Gasteiger partial charge on any atom is 0.254 e. The van der Waals surface area contributed by atoms with Crippen molar-refractivity contribution in [1.82, 2.24) is 5.32 Å². The standard InChI is InChI=1S/C14H18FNO/c1-9-3-6-13(15)12(7-9)14(17)16-10(2)8-11-4-5-11/h3,6-7,10-11H,4-5,8H2,1-2H3,(H,16,17). The van der Waals surface area contributed by atoms with E-state index in [4.69, 9.17) is 0 Å². The maximum absolute atomic E-state index is 13.5. The van der Waals surface area contributed by atoms with Gasteiger partial charge < -0.3 is 5.32 Å². The summed E-state index contributed by atoms with van der Waals surface area (Å²) < 4.78 is 13.5. The van der Waals surface area contributed by atoms with Crippen LogP contribution in [-0.4, -0.2) is 11.9 Å². The van der Waals surface area contributed by atoms with E-state index >= 15 is 0 Å². The molecule has 1 atom stereocenters. The van der Waals surface area contributed by atoms with Crippen molar-refractivity contribution in [2.45, 2.75) is 39.2 Å². The van der Waals surface area contributed by atoms with Crippen molar-refractivity contribution in [3.8, 4) is 0 Å². The number of hydrogen-bond acceptors (Lipinski definition) is 1. The summed E-state index contributed by atoms with van der Waals surface area (Å²) in [7, 11) is 0. The maximum atomic E-state index is 13.5. The highest BCUT2D eigenvalue weighted by Gasteiger charge is 2.24. The minimum Gasteiger partial charge on any atom is -0.349 e. The summed E-state index contributed by atoms with van der Waals surface area (Å²) in [5, 5.41) is 2.86. The molecule has 0 bridgehead atoms. The molecule has 2 rings (SSSR count). The van der Waals surface area contributed by atoms with Gasteiger partial charge in [-0.05, 0) is 38.3 Å². The normalized spacial score (nSPS) is 16.6. The molecule has 3 heteroatoms. The molecule has 1 amide bonds. The first-order valence-electron chi connectivity index (χ1n) is 6.13. The molecule has 17 heavy (non-hydrogen) atoms. The van der Waals surface area contributed by atoms with Crippen molar-refractivity contribution in [1.29, 1.82) is 0 Å². The van der Waals surface area contributed by atoms with E-state index in [2.05, 4.69) is 5.32 Å². The fourth-order valence-electron chi connectivity index (χ4n) is 2.03. The molecule has 0 heterocycles. The van der Waals surface area contributed by atoms with Crippen LogP contribution in [0, 0.1) is 18.7 Å². The zero-order valence-corrected chi connectivity index (χ0v) is 10.3. The number of benzene rings is 1. The van der Waals surface area contributed by atoms with Gasteiger partial charge in [0.15, 0.2) is 0 Å². The van der Waals surface area contributed by atoms with Gasteiger partial charge in [-0.1, -0.05) is 24.5 Å². The molecule has 1 N–H and O–H groups in total. The fourth-order valence-corrected chi connectivity index (χ4v) is 2.03. The average molecular weight is 235 g/mol. The molecule has 1 aromatic carbocycles. The molecule has 2 nitrogen and oxygen atoms in total. The van der Waals surface area contributed by atoms with Crippen LogP contribution in [0.15, 0.2) is 18.2 Å². The van der Waals surface area contributed by atoms with Crippen molar-refractivity contribution in [2.75, 3.05) is 0 Å². The van der Waals surface area contributed by atoms with Crippen LogP contribution in [0.5, 0.6) is 0 Å². The van der Waals surface area contributed by atoms with E-state index in [0.717, 1.165) is 17.9 Å². The Morgan fingerprint density at radius 1 is 1.53 bits per heavy atom. The summed E-state index contributed by atoms with van der Waals surface area (Å²) in [5.41, 5.74) is 1.04. The van der Waals surface area contributed by atoms with Gasteiger partial charge in [0, 0.05) is 6.04 Å². The Bertz CT molecular complexity index is 426. The molecular formula is C14H18FNO. The zero-order valence-electron chi connectivity index (χ0n) is 10.3. The number of rotatable bonds is 4. The van der Waals surface area contributed by atoms with Crippen LogP contribution in [0.4, 0.5) is 4.39 Å². The average Bonchev–Trinajstić information content (AvgIpc) is 3.05. The monoisotopic (exact) mass is 235 g/mol. The summed E-state index contributed by atoms with van der Waals surface area (Å²) in [5.74, 6) is -0.00118. The molecule has 0 radical (unpaired) electrons. The van der Waals surface area contributed by atoms with Gasteiger partial charge in [-0.15, -0.1) is 0 Å². The van der Waals surface area contributed by atoms with Crippen LogP contribution in [0.1, 0.15) is 42.1 Å². The van der Waals surface area contributed by atoms with Crippen LogP contribution >= 0.6 is 0 Å². The van der Waals surface area contributed by atoms with Gasteiger partial charge >= 0.3 is 0 Å². The summed E-state index contributed by atoms with van der Waals surface area (Å²) in [6.45, 7) is 3.83. The van der Waals surface area contributed by atoms with Crippen molar-refractivity contribution < 1.29 is 9.18 Å². The van der Waals surface area contributed by atoms with Gasteiger partial charge in [0.25, 0.3) is 5.91 Å². The number of nitrogens with one attached hydrogen (secondary N) is 1. The van der Waals surface area contributed by atoms with E-state index in [1.807, 2.05) is 13.8 Å². The lowest BCUT2D eigenvalue weighted by atomic mass is 10.1. The van der Waals surface area contributed by atoms with Crippen molar-refractivity contribution in [2.24, 2.45) is 5.92 Å². The predicted molar refractivity (Wildman–Crippen MR) is 65.4 cm³/mol. The highest BCUT2D eigenvalue weighted by Crippen LogP contribution is 2.33. The van der Waals surface area contributed by atoms with E-state index in [9.17, 15) is 9.18 Å². The molecule has 0 aliphatic heterocycles. The quantitative estimate of drug-likeness (QED) is 0.853. The van der Waals surface area contributed by atoms with E-state index in [1.165, 1.54) is 18.9 Å². The Balaban J connectivity index is 2.00. The highest BCUT2D eigenvalue weighted by atomic mass is 19.1. The van der Waals surface area contributed by atoms with Crippen molar-refractivity contribution in [3.63, 3.8) is 0 Å². The van der Waals surface area contributed by atoms with Crippen LogP contribution in [0.3, 0.4) is 0 Å². The summed E-state index contributed by atoms with van der Waals surface area (Å²) in [6.07, 6.45) is 3.53. The SMILES string of the molecule is Cc1ccc(F)c(C(=O)NC(C)CC2CC2)c1. The Morgan fingerprint density at radius 3 is 2.88 bits per heavy atom. The largest absolute Gasteiger partial charge is 0.349 e. The number of carbonyl (C=O) groups is 1. The molecule has 0 aromatic heterocycles. The highest BCUT2D eigenvalue weighted by molar-refractivity contribution is 5.94. The number of halogens is 1. The second-order valence-electron chi connectivity index (χ2n) is 5.04. The lowest BCUT2D eigenvalue weighted by molar-refractivity contribution is 0.0933. The second-order valence-corrected chi connectivity index (χ2v) is 5.04. The topological polar surface area (TPSA) is 29.1 Å². The van der Waals surface area contributed by atoms with Gasteiger partial charge in [-0.25, -0.2) is 4.39 Å². The first-order valence-corrected chi connectivity index (χ1v) is 6.13. The molecule has 0 saturated heterocycles. The lowest BCUT2D eigenvalue weighted by Gasteiger charge is -2.13. The molecule has 1 aliphatic rings. The minimum atomic E-state index is -0.452. The number of amides is 1. The van der Waals surface area contributed by atoms with Crippen LogP contribution < -0.4 is 5.32 Å². The summed E-state index contributed by atoms with van der Waals surface area (Å²) in [4.78, 5) is 11.9. The minimum absolute atomic E-state index is 0.120. The van der Waals surface area contributed by atoms with E-state index in [-0.39, 0.29) is 17.5 Å². The third-order valence-corrected chi connectivity index (χ3v) is 3.13. The van der Waals surface area contributed by atoms with E-state index in [1.54, 1.807) is 12.1 Å². The van der Waals surface area contributed by atoms with Crippen LogP contribution in [0.2, 0.25) is 0 Å². The number of hydrogen-bond donors (Lipinski definition) is 1. The molecular weight excluding hydrogens is 217 g/mol.